The topological polar surface area (TPSA) is 77.9 Å². The molecule has 1 aliphatic heterocycles. The average molecular weight is 208 g/mol. The lowest BCUT2D eigenvalue weighted by molar-refractivity contribution is -0.402. The van der Waals surface area contributed by atoms with Crippen molar-refractivity contribution in [3.63, 3.8) is 0 Å². The molecule has 0 amide bonds. The number of nitrogens with zero attached hydrogens (tertiary/aromatic N) is 2. The Kier molecular flexibility index (Phi) is 2.24. The third-order valence-corrected chi connectivity index (χ3v) is 2.05. The molecule has 1 atom stereocenters. The minimum absolute atomic E-state index is 0.158. The molecule has 1 aliphatic rings. The third kappa shape index (κ3) is 1.74. The van der Waals surface area contributed by atoms with E-state index in [9.17, 15) is 10.1 Å². The second-order valence-electron chi connectivity index (χ2n) is 3.05. The van der Waals surface area contributed by atoms with Gasteiger partial charge in [0, 0.05) is 12.0 Å². The van der Waals surface area contributed by atoms with E-state index in [1.54, 1.807) is 6.08 Å². The normalized spacial score (nSPS) is 19.5. The van der Waals surface area contributed by atoms with Crippen molar-refractivity contribution in [3.05, 3.63) is 40.7 Å². The molecule has 1 unspecified atom stereocenters. The first-order chi connectivity index (χ1) is 7.20. The van der Waals surface area contributed by atoms with Gasteiger partial charge in [0.25, 0.3) is 0 Å². The summed E-state index contributed by atoms with van der Waals surface area (Å²) >= 11 is 0. The van der Waals surface area contributed by atoms with E-state index in [-0.39, 0.29) is 12.0 Å². The molecule has 0 saturated carbocycles. The van der Waals surface area contributed by atoms with Crippen LogP contribution in [0.3, 0.4) is 0 Å². The molecule has 0 saturated heterocycles. The Morgan fingerprint density at radius 1 is 1.73 bits per heavy atom. The first-order valence-corrected chi connectivity index (χ1v) is 4.29. The second-order valence-corrected chi connectivity index (χ2v) is 3.05. The fourth-order valence-corrected chi connectivity index (χ4v) is 1.27. The van der Waals surface area contributed by atoms with E-state index < -0.39 is 4.92 Å². The average Bonchev–Trinajstić information content (AvgIpc) is 2.86. The lowest BCUT2D eigenvalue weighted by Gasteiger charge is -1.96. The van der Waals surface area contributed by atoms with Crippen LogP contribution in [0.25, 0.3) is 0 Å². The molecule has 2 rings (SSSR count). The maximum absolute atomic E-state index is 10.4. The van der Waals surface area contributed by atoms with Gasteiger partial charge in [0.05, 0.1) is 11.8 Å². The number of furan rings is 1. The van der Waals surface area contributed by atoms with Crippen molar-refractivity contribution in [2.45, 2.75) is 12.5 Å². The Bertz CT molecular complexity index is 435. The second kappa shape index (κ2) is 3.56. The molecule has 0 bridgehead atoms. The molecular weight excluding hydrogens is 200 g/mol. The smallest absolute Gasteiger partial charge is 0.409 e. The van der Waals surface area contributed by atoms with Gasteiger partial charge in [0.2, 0.25) is 0 Å². The van der Waals surface area contributed by atoms with Gasteiger partial charge in [0.1, 0.15) is 11.2 Å². The summed E-state index contributed by atoms with van der Waals surface area (Å²) < 4.78 is 4.75. The minimum Gasteiger partial charge on any atom is -0.409 e. The maximum Gasteiger partial charge on any atom is 0.433 e. The van der Waals surface area contributed by atoms with Crippen molar-refractivity contribution in [2.75, 3.05) is 0 Å². The molecule has 6 nitrogen and oxygen atoms in total. The number of nitro groups is 1. The van der Waals surface area contributed by atoms with E-state index in [1.807, 2.05) is 0 Å². The first kappa shape index (κ1) is 9.45. The van der Waals surface area contributed by atoms with Gasteiger partial charge in [0.15, 0.2) is 6.10 Å². The number of oxime groups is 1. The molecular formula is C9H8N2O4. The van der Waals surface area contributed by atoms with Crippen LogP contribution in [0, 0.1) is 10.1 Å². The van der Waals surface area contributed by atoms with Crippen LogP contribution in [-0.4, -0.2) is 16.7 Å². The van der Waals surface area contributed by atoms with Crippen LogP contribution < -0.4 is 0 Å². The zero-order chi connectivity index (χ0) is 10.8. The highest BCUT2D eigenvalue weighted by Crippen LogP contribution is 2.22. The maximum atomic E-state index is 10.4. The summed E-state index contributed by atoms with van der Waals surface area (Å²) in [6.45, 7) is 3.57. The molecule has 0 fully saturated rings. The molecule has 0 N–H and O–H groups in total. The van der Waals surface area contributed by atoms with Crippen molar-refractivity contribution in [2.24, 2.45) is 5.16 Å². The minimum atomic E-state index is -0.592. The molecule has 2 heterocycles. The highest BCUT2D eigenvalue weighted by Gasteiger charge is 2.23. The number of rotatable bonds is 3. The zero-order valence-electron chi connectivity index (χ0n) is 7.75. The van der Waals surface area contributed by atoms with Crippen molar-refractivity contribution < 1.29 is 14.2 Å². The van der Waals surface area contributed by atoms with Gasteiger partial charge >= 0.3 is 5.88 Å². The van der Waals surface area contributed by atoms with Gasteiger partial charge in [-0.15, -0.1) is 0 Å². The summed E-state index contributed by atoms with van der Waals surface area (Å²) in [6, 6.07) is 1.33. The summed E-state index contributed by atoms with van der Waals surface area (Å²) in [6.07, 6.45) is 3.32. The molecule has 0 aromatic carbocycles. The Morgan fingerprint density at radius 2 is 2.53 bits per heavy atom. The monoisotopic (exact) mass is 208 g/mol. The van der Waals surface area contributed by atoms with Crippen molar-refractivity contribution in [1.29, 1.82) is 0 Å². The van der Waals surface area contributed by atoms with Crippen LogP contribution in [0.15, 0.2) is 34.6 Å². The van der Waals surface area contributed by atoms with E-state index in [1.165, 1.54) is 12.3 Å². The van der Waals surface area contributed by atoms with E-state index in [4.69, 9.17) is 9.25 Å². The third-order valence-electron chi connectivity index (χ3n) is 2.05. The van der Waals surface area contributed by atoms with Crippen molar-refractivity contribution in [3.8, 4) is 0 Å². The standard InChI is InChI=1S/C9H8N2O4/c1-2-7-4-8(10-15-7)6-3-9(11(12)13)14-5-6/h2-3,5,7H,1,4H2. The van der Waals surface area contributed by atoms with Crippen LogP contribution in [0.5, 0.6) is 0 Å². The molecule has 6 heteroatoms. The fourth-order valence-electron chi connectivity index (χ4n) is 1.27. The van der Waals surface area contributed by atoms with Gasteiger partial charge in [-0.1, -0.05) is 11.7 Å². The van der Waals surface area contributed by atoms with Gasteiger partial charge < -0.3 is 9.25 Å². The van der Waals surface area contributed by atoms with Gasteiger partial charge in [-0.05, 0) is 6.08 Å². The molecule has 0 spiro atoms. The van der Waals surface area contributed by atoms with E-state index in [2.05, 4.69) is 11.7 Å². The molecule has 78 valence electrons. The summed E-state index contributed by atoms with van der Waals surface area (Å²) in [5.74, 6) is -0.297. The van der Waals surface area contributed by atoms with Crippen LogP contribution in [0.4, 0.5) is 5.88 Å². The Hall–Kier alpha value is -2.11. The quantitative estimate of drug-likeness (QED) is 0.431. The van der Waals surface area contributed by atoms with Crippen LogP contribution in [0.2, 0.25) is 0 Å². The van der Waals surface area contributed by atoms with Crippen molar-refractivity contribution >= 4 is 11.6 Å². The molecule has 15 heavy (non-hydrogen) atoms. The Morgan fingerprint density at radius 3 is 3.07 bits per heavy atom. The highest BCUT2D eigenvalue weighted by atomic mass is 16.7. The van der Waals surface area contributed by atoms with Crippen molar-refractivity contribution in [1.82, 2.24) is 0 Å². The predicted molar refractivity (Wildman–Crippen MR) is 51.6 cm³/mol. The number of hydrogen-bond acceptors (Lipinski definition) is 5. The summed E-state index contributed by atoms with van der Waals surface area (Å²) in [7, 11) is 0. The molecule has 1 aromatic heterocycles. The lowest BCUT2D eigenvalue weighted by atomic mass is 10.1. The SMILES string of the molecule is C=CC1CC(c2coc([N+](=O)[O-])c2)=NO1. The summed E-state index contributed by atoms with van der Waals surface area (Å²) in [5, 5.41) is 14.2. The van der Waals surface area contributed by atoms with Gasteiger partial charge in [-0.2, -0.15) is 0 Å². The van der Waals surface area contributed by atoms with Crippen LogP contribution in [0.1, 0.15) is 12.0 Å². The molecule has 1 aromatic rings. The van der Waals surface area contributed by atoms with Gasteiger partial charge in [-0.3, -0.25) is 10.1 Å². The molecule has 0 aliphatic carbocycles. The summed E-state index contributed by atoms with van der Waals surface area (Å²) in [5.41, 5.74) is 1.21. The highest BCUT2D eigenvalue weighted by molar-refractivity contribution is 6.01. The van der Waals surface area contributed by atoms with E-state index >= 15 is 0 Å². The predicted octanol–water partition coefficient (Wildman–Crippen LogP) is 1.87. The lowest BCUT2D eigenvalue weighted by Crippen LogP contribution is -2.03. The van der Waals surface area contributed by atoms with Crippen LogP contribution >= 0.6 is 0 Å². The zero-order valence-corrected chi connectivity index (χ0v) is 7.75. The van der Waals surface area contributed by atoms with Crippen LogP contribution in [-0.2, 0) is 4.84 Å². The Balaban J connectivity index is 2.17. The van der Waals surface area contributed by atoms with E-state index in [0.29, 0.717) is 17.7 Å². The number of hydrogen-bond donors (Lipinski definition) is 0. The summed E-state index contributed by atoms with van der Waals surface area (Å²) in [4.78, 5) is 14.8. The first-order valence-electron chi connectivity index (χ1n) is 4.29. The van der Waals surface area contributed by atoms with Gasteiger partial charge in [-0.25, -0.2) is 0 Å². The van der Waals surface area contributed by atoms with E-state index in [0.717, 1.165) is 0 Å². The fraction of sp³-hybridized carbons (Fsp3) is 0.222. The Labute approximate surface area is 85.0 Å². The molecule has 0 radical (unpaired) electrons. The largest absolute Gasteiger partial charge is 0.433 e.